The molecule has 4 aromatic carbocycles. The topological polar surface area (TPSA) is 106 Å². The lowest BCUT2D eigenvalue weighted by Crippen LogP contribution is -2.19. The van der Waals surface area contributed by atoms with Crippen LogP contribution in [0.25, 0.3) is 33.3 Å². The summed E-state index contributed by atoms with van der Waals surface area (Å²) in [4.78, 5) is 19.2. The second kappa shape index (κ2) is 13.1. The highest BCUT2D eigenvalue weighted by Crippen LogP contribution is 2.47. The first kappa shape index (κ1) is 31.6. The van der Waals surface area contributed by atoms with Gasteiger partial charge in [-0.2, -0.15) is 0 Å². The van der Waals surface area contributed by atoms with E-state index in [0.717, 1.165) is 37.7 Å². The number of hydrogen-bond acceptors (Lipinski definition) is 6. The fraction of sp³-hybridized carbons (Fsp3) is 0.243. The molecule has 0 aliphatic heterocycles. The Morgan fingerprint density at radius 1 is 0.848 bits per heavy atom. The van der Waals surface area contributed by atoms with Gasteiger partial charge >= 0.3 is 0 Å². The Morgan fingerprint density at radius 2 is 1.57 bits per heavy atom. The minimum Gasteiger partial charge on any atom is -0.507 e. The van der Waals surface area contributed by atoms with Crippen molar-refractivity contribution in [3.05, 3.63) is 101 Å². The summed E-state index contributed by atoms with van der Waals surface area (Å²) in [6.45, 7) is 4.45. The van der Waals surface area contributed by atoms with Gasteiger partial charge in [-0.05, 0) is 60.9 Å². The van der Waals surface area contributed by atoms with Crippen LogP contribution in [0, 0.1) is 6.92 Å². The van der Waals surface area contributed by atoms with Crippen LogP contribution in [0.4, 0.5) is 5.69 Å². The maximum atomic E-state index is 14.2. The summed E-state index contributed by atoms with van der Waals surface area (Å²) in [6, 6.07) is 21.8. The Bertz CT molecular complexity index is 2060. The zero-order chi connectivity index (χ0) is 32.4. The van der Waals surface area contributed by atoms with Crippen LogP contribution in [0.3, 0.4) is 0 Å². The van der Waals surface area contributed by atoms with Crippen LogP contribution in [0.2, 0.25) is 5.02 Å². The molecule has 7 nitrogen and oxygen atoms in total. The maximum Gasteiger partial charge on any atom is 0.261 e. The lowest BCUT2D eigenvalue weighted by Gasteiger charge is -2.25. The quantitative estimate of drug-likeness (QED) is 0.127. The Hall–Kier alpha value is -4.40. The predicted octanol–water partition coefficient (Wildman–Crippen LogP) is 9.32. The van der Waals surface area contributed by atoms with Gasteiger partial charge in [-0.3, -0.25) is 9.52 Å². The number of fused-ring (bicyclic) bond motifs is 2. The Morgan fingerprint density at radius 3 is 2.33 bits per heavy atom. The summed E-state index contributed by atoms with van der Waals surface area (Å²) in [7, 11) is -4.06. The van der Waals surface area contributed by atoms with Gasteiger partial charge in [0.05, 0.1) is 28.4 Å². The van der Waals surface area contributed by atoms with Crippen molar-refractivity contribution in [1.82, 2.24) is 4.98 Å². The molecule has 0 radical (unpaired) electrons. The highest BCUT2D eigenvalue weighted by atomic mass is 35.5. The number of unbranched alkanes of at least 4 members (excludes halogenated alkanes) is 5. The molecule has 5 aromatic rings. The summed E-state index contributed by atoms with van der Waals surface area (Å²) in [5.41, 5.74) is 4.28. The number of phenolic OH excluding ortho intramolecular Hbond substituents is 1. The van der Waals surface area contributed by atoms with Gasteiger partial charge in [0.15, 0.2) is 5.78 Å². The normalized spacial score (nSPS) is 12.3. The molecule has 9 heteroatoms. The SMILES string of the molecule is CCCCCCCCOc1cc(NS(=O)(=O)c2ccc(C)cc2)c2c3c(cc(-c4cc(Cl)ccc4O)nc13)-c1ccccc1C2=O. The number of anilines is 1. The third-order valence-electron chi connectivity index (χ3n) is 8.30. The second-order valence-electron chi connectivity index (χ2n) is 11.6. The van der Waals surface area contributed by atoms with Gasteiger partial charge in [0.2, 0.25) is 0 Å². The van der Waals surface area contributed by atoms with Crippen LogP contribution in [-0.4, -0.2) is 30.9 Å². The zero-order valence-electron chi connectivity index (χ0n) is 25.8. The van der Waals surface area contributed by atoms with Crippen LogP contribution >= 0.6 is 11.6 Å². The molecule has 0 fully saturated rings. The lowest BCUT2D eigenvalue weighted by molar-refractivity contribution is 0.104. The number of halogens is 1. The average molecular weight is 655 g/mol. The fourth-order valence-electron chi connectivity index (χ4n) is 5.91. The summed E-state index contributed by atoms with van der Waals surface area (Å²) in [6.07, 6.45) is 6.42. The third-order valence-corrected chi connectivity index (χ3v) is 9.92. The highest BCUT2D eigenvalue weighted by molar-refractivity contribution is 7.92. The first-order valence-electron chi connectivity index (χ1n) is 15.5. The highest BCUT2D eigenvalue weighted by Gasteiger charge is 2.32. The summed E-state index contributed by atoms with van der Waals surface area (Å²) >= 11 is 6.32. The van der Waals surface area contributed by atoms with E-state index in [1.807, 2.05) is 19.1 Å². The van der Waals surface area contributed by atoms with E-state index < -0.39 is 10.0 Å². The van der Waals surface area contributed by atoms with Crippen molar-refractivity contribution in [1.29, 1.82) is 0 Å². The van der Waals surface area contributed by atoms with Crippen LogP contribution in [0.1, 0.15) is 66.9 Å². The number of aromatic hydroxyl groups is 1. The van der Waals surface area contributed by atoms with E-state index in [0.29, 0.717) is 56.2 Å². The Kier molecular flexibility index (Phi) is 9.02. The van der Waals surface area contributed by atoms with Gasteiger partial charge < -0.3 is 9.84 Å². The molecule has 0 unspecified atom stereocenters. The van der Waals surface area contributed by atoms with Crippen molar-refractivity contribution in [3.63, 3.8) is 0 Å². The number of pyridine rings is 1. The third kappa shape index (κ3) is 6.19. The Labute approximate surface area is 274 Å². The zero-order valence-corrected chi connectivity index (χ0v) is 27.3. The molecule has 1 heterocycles. The second-order valence-corrected chi connectivity index (χ2v) is 13.8. The molecule has 46 heavy (non-hydrogen) atoms. The van der Waals surface area contributed by atoms with Gasteiger partial charge in [0, 0.05) is 27.6 Å². The van der Waals surface area contributed by atoms with Crippen LogP contribution in [0.15, 0.2) is 83.8 Å². The molecule has 1 aliphatic carbocycles. The van der Waals surface area contributed by atoms with E-state index in [-0.39, 0.29) is 27.7 Å². The van der Waals surface area contributed by atoms with E-state index in [4.69, 9.17) is 21.3 Å². The number of nitrogens with zero attached hydrogens (tertiary/aromatic N) is 1. The van der Waals surface area contributed by atoms with Gasteiger partial charge in [0.1, 0.15) is 17.0 Å². The van der Waals surface area contributed by atoms with E-state index in [9.17, 15) is 18.3 Å². The van der Waals surface area contributed by atoms with E-state index >= 15 is 0 Å². The number of sulfonamides is 1. The first-order valence-corrected chi connectivity index (χ1v) is 17.4. The van der Waals surface area contributed by atoms with Crippen molar-refractivity contribution < 1.29 is 23.1 Å². The number of rotatable bonds is 12. The first-order chi connectivity index (χ1) is 22.2. The average Bonchev–Trinajstić information content (AvgIpc) is 3.04. The van der Waals surface area contributed by atoms with Crippen molar-refractivity contribution in [2.24, 2.45) is 0 Å². The Balaban J connectivity index is 1.55. The number of ether oxygens (including phenoxy) is 1. The molecular weight excluding hydrogens is 620 g/mol. The van der Waals surface area contributed by atoms with Crippen LogP contribution in [-0.2, 0) is 10.0 Å². The molecule has 0 spiro atoms. The summed E-state index contributed by atoms with van der Waals surface area (Å²) in [5, 5.41) is 11.7. The van der Waals surface area contributed by atoms with Crippen LogP contribution < -0.4 is 9.46 Å². The molecule has 0 saturated heterocycles. The van der Waals surface area contributed by atoms with Crippen molar-refractivity contribution in [3.8, 4) is 33.9 Å². The van der Waals surface area contributed by atoms with Crippen molar-refractivity contribution in [2.45, 2.75) is 57.3 Å². The molecule has 1 aromatic heterocycles. The number of carbonyl (C=O) groups excluding carboxylic acids is 1. The molecule has 0 bridgehead atoms. The van der Waals surface area contributed by atoms with E-state index in [1.165, 1.54) is 24.6 Å². The van der Waals surface area contributed by atoms with Gasteiger partial charge in [-0.1, -0.05) is 92.6 Å². The van der Waals surface area contributed by atoms with E-state index in [2.05, 4.69) is 11.6 Å². The molecule has 2 N–H and O–H groups in total. The monoisotopic (exact) mass is 654 g/mol. The van der Waals surface area contributed by atoms with Gasteiger partial charge in [-0.15, -0.1) is 0 Å². The molecule has 0 saturated carbocycles. The minimum atomic E-state index is -4.06. The lowest BCUT2D eigenvalue weighted by atomic mass is 9.82. The maximum absolute atomic E-state index is 14.2. The number of ketones is 1. The van der Waals surface area contributed by atoms with Crippen molar-refractivity contribution in [2.75, 3.05) is 11.3 Å². The predicted molar refractivity (Wildman–Crippen MR) is 184 cm³/mol. The molecule has 1 aliphatic rings. The number of aromatic nitrogens is 1. The standard InChI is InChI=1S/C37H35ClN2O5S/c1-3-4-5-6-7-10-19-45-33-22-31(40-46(43,44)25-16-13-23(2)14-17-25)35-34-28(26-11-8-9-12-27(26)37(35)42)21-30(39-36(33)34)29-20-24(38)15-18-32(29)41/h8-9,11-18,20-22,40-41H,3-7,10,19H2,1-2H3. The summed E-state index contributed by atoms with van der Waals surface area (Å²) in [5.74, 6) is 0.0175. The van der Waals surface area contributed by atoms with Crippen molar-refractivity contribution >= 4 is 44.0 Å². The number of nitrogens with one attached hydrogen (secondary N) is 1. The van der Waals surface area contributed by atoms with Gasteiger partial charge in [0.25, 0.3) is 10.0 Å². The molecule has 0 amide bonds. The van der Waals surface area contributed by atoms with E-state index in [1.54, 1.807) is 48.5 Å². The smallest absolute Gasteiger partial charge is 0.261 e. The molecule has 0 atom stereocenters. The minimum absolute atomic E-state index is 0.000806. The largest absolute Gasteiger partial charge is 0.507 e. The number of aryl methyl sites for hydroxylation is 1. The molecule has 236 valence electrons. The van der Waals surface area contributed by atoms with Gasteiger partial charge in [-0.25, -0.2) is 13.4 Å². The fourth-order valence-corrected chi connectivity index (χ4v) is 7.14. The number of hydrogen-bond donors (Lipinski definition) is 2. The van der Waals surface area contributed by atoms with Crippen LogP contribution in [0.5, 0.6) is 11.5 Å². The molecule has 6 rings (SSSR count). The molecular formula is C37H35ClN2O5S. The number of carbonyl (C=O) groups is 1. The summed E-state index contributed by atoms with van der Waals surface area (Å²) < 4.78 is 36.4. The number of benzene rings is 4. The number of phenols is 1.